The molecule has 94 valence electrons. The summed E-state index contributed by atoms with van der Waals surface area (Å²) in [5, 5.41) is 11.6. The molecule has 0 bridgehead atoms. The number of nitrogens with one attached hydrogen (secondary N) is 1. The maximum atomic E-state index is 11.5. The molecule has 0 aromatic heterocycles. The molecule has 0 aliphatic carbocycles. The summed E-state index contributed by atoms with van der Waals surface area (Å²) in [7, 11) is 0. The van der Waals surface area contributed by atoms with Crippen molar-refractivity contribution >= 4 is 5.91 Å². The van der Waals surface area contributed by atoms with E-state index >= 15 is 0 Å². The van der Waals surface area contributed by atoms with Crippen molar-refractivity contribution in [1.29, 1.82) is 0 Å². The lowest BCUT2D eigenvalue weighted by Crippen LogP contribution is -2.39. The van der Waals surface area contributed by atoms with Gasteiger partial charge in [0.05, 0.1) is 12.6 Å². The predicted octanol–water partition coefficient (Wildman–Crippen LogP) is 1.26. The molecule has 4 heteroatoms. The van der Waals surface area contributed by atoms with Gasteiger partial charge in [0.2, 0.25) is 0 Å². The Balaban J connectivity index is 2.35. The molecule has 0 aliphatic heterocycles. The van der Waals surface area contributed by atoms with E-state index in [-0.39, 0.29) is 25.2 Å². The van der Waals surface area contributed by atoms with Gasteiger partial charge in [-0.3, -0.25) is 4.79 Å². The normalized spacial score (nSPS) is 11.9. The molecule has 1 unspecified atom stereocenters. The van der Waals surface area contributed by atoms with Gasteiger partial charge in [-0.05, 0) is 25.5 Å². The fraction of sp³-hybridized carbons (Fsp3) is 0.462. The maximum Gasteiger partial charge on any atom is 0.258 e. The minimum Gasteiger partial charge on any atom is -0.484 e. The van der Waals surface area contributed by atoms with Crippen molar-refractivity contribution in [2.45, 2.75) is 26.3 Å². The van der Waals surface area contributed by atoms with Crippen LogP contribution in [0.15, 0.2) is 24.3 Å². The van der Waals surface area contributed by atoms with E-state index in [0.717, 1.165) is 5.56 Å². The summed E-state index contributed by atoms with van der Waals surface area (Å²) >= 11 is 0. The standard InChI is InChI=1S/C13H19NO3/c1-3-11(8-15)14-13(16)9-17-12-6-4-10(2)5-7-12/h4-7,11,15H,3,8-9H2,1-2H3,(H,14,16). The fourth-order valence-electron chi connectivity index (χ4n) is 1.33. The van der Waals surface area contributed by atoms with Gasteiger partial charge in [-0.2, -0.15) is 0 Å². The first-order valence-corrected chi connectivity index (χ1v) is 5.75. The lowest BCUT2D eigenvalue weighted by atomic mass is 10.2. The molecule has 1 aromatic rings. The zero-order valence-electron chi connectivity index (χ0n) is 10.3. The van der Waals surface area contributed by atoms with Crippen molar-refractivity contribution in [3.8, 4) is 5.75 Å². The summed E-state index contributed by atoms with van der Waals surface area (Å²) in [6, 6.07) is 7.31. The Morgan fingerprint density at radius 1 is 1.41 bits per heavy atom. The number of aryl methyl sites for hydroxylation is 1. The van der Waals surface area contributed by atoms with Crippen molar-refractivity contribution in [2.24, 2.45) is 0 Å². The lowest BCUT2D eigenvalue weighted by Gasteiger charge is -2.14. The van der Waals surface area contributed by atoms with Crippen LogP contribution in [0.2, 0.25) is 0 Å². The third-order valence-electron chi connectivity index (χ3n) is 2.47. The molecule has 0 radical (unpaired) electrons. The lowest BCUT2D eigenvalue weighted by molar-refractivity contribution is -0.124. The van der Waals surface area contributed by atoms with Crippen LogP contribution in [0, 0.1) is 6.92 Å². The molecule has 0 heterocycles. The van der Waals surface area contributed by atoms with E-state index in [1.165, 1.54) is 0 Å². The highest BCUT2D eigenvalue weighted by Crippen LogP contribution is 2.10. The number of hydrogen-bond acceptors (Lipinski definition) is 3. The summed E-state index contributed by atoms with van der Waals surface area (Å²) in [6.45, 7) is 3.82. The number of rotatable bonds is 6. The van der Waals surface area contributed by atoms with E-state index < -0.39 is 0 Å². The van der Waals surface area contributed by atoms with E-state index in [1.807, 2.05) is 38.1 Å². The Labute approximate surface area is 102 Å². The van der Waals surface area contributed by atoms with Crippen molar-refractivity contribution in [2.75, 3.05) is 13.2 Å². The second kappa shape index (κ2) is 6.91. The minimum atomic E-state index is -0.216. The number of carbonyl (C=O) groups is 1. The van der Waals surface area contributed by atoms with Gasteiger partial charge in [0.1, 0.15) is 5.75 Å². The molecule has 1 atom stereocenters. The van der Waals surface area contributed by atoms with Crippen LogP contribution < -0.4 is 10.1 Å². The Morgan fingerprint density at radius 3 is 2.59 bits per heavy atom. The fourth-order valence-corrected chi connectivity index (χ4v) is 1.33. The van der Waals surface area contributed by atoms with Crippen molar-refractivity contribution in [3.63, 3.8) is 0 Å². The van der Waals surface area contributed by atoms with Crippen LogP contribution >= 0.6 is 0 Å². The summed E-state index contributed by atoms with van der Waals surface area (Å²) in [6.07, 6.45) is 0.701. The molecule has 2 N–H and O–H groups in total. The molecule has 0 saturated carbocycles. The topological polar surface area (TPSA) is 58.6 Å². The number of benzene rings is 1. The van der Waals surface area contributed by atoms with E-state index in [2.05, 4.69) is 5.32 Å². The van der Waals surface area contributed by atoms with E-state index in [9.17, 15) is 4.79 Å². The molecule has 0 saturated heterocycles. The molecular formula is C13H19NO3. The number of ether oxygens (including phenoxy) is 1. The minimum absolute atomic E-state index is 0.0282. The molecule has 17 heavy (non-hydrogen) atoms. The third kappa shape index (κ3) is 4.87. The Bertz CT molecular complexity index is 344. The van der Waals surface area contributed by atoms with E-state index in [1.54, 1.807) is 0 Å². The second-order valence-corrected chi connectivity index (χ2v) is 3.96. The second-order valence-electron chi connectivity index (χ2n) is 3.96. The summed E-state index contributed by atoms with van der Waals surface area (Å²) in [5.41, 5.74) is 1.15. The number of amides is 1. The SMILES string of the molecule is CCC(CO)NC(=O)COc1ccc(C)cc1. The van der Waals surface area contributed by atoms with Gasteiger partial charge in [-0.15, -0.1) is 0 Å². The number of aliphatic hydroxyl groups excluding tert-OH is 1. The van der Waals surface area contributed by atoms with Crippen LogP contribution in [-0.4, -0.2) is 30.3 Å². The first-order chi connectivity index (χ1) is 8.15. The highest BCUT2D eigenvalue weighted by atomic mass is 16.5. The molecule has 0 aliphatic rings. The Morgan fingerprint density at radius 2 is 2.06 bits per heavy atom. The average molecular weight is 237 g/mol. The molecule has 1 rings (SSSR count). The summed E-state index contributed by atoms with van der Waals surface area (Å²) in [5.74, 6) is 0.453. The van der Waals surface area contributed by atoms with Gasteiger partial charge in [0.25, 0.3) is 5.91 Å². The zero-order chi connectivity index (χ0) is 12.7. The molecule has 0 fully saturated rings. The van der Waals surface area contributed by atoms with Crippen LogP contribution in [0.1, 0.15) is 18.9 Å². The van der Waals surface area contributed by atoms with Crippen LogP contribution in [0.3, 0.4) is 0 Å². The quantitative estimate of drug-likeness (QED) is 0.783. The third-order valence-corrected chi connectivity index (χ3v) is 2.47. The summed E-state index contributed by atoms with van der Waals surface area (Å²) in [4.78, 5) is 11.5. The first kappa shape index (κ1) is 13.5. The first-order valence-electron chi connectivity index (χ1n) is 5.75. The van der Waals surface area contributed by atoms with Crippen molar-refractivity contribution in [1.82, 2.24) is 5.32 Å². The predicted molar refractivity (Wildman–Crippen MR) is 66.0 cm³/mol. The van der Waals surface area contributed by atoms with Gasteiger partial charge in [-0.25, -0.2) is 0 Å². The van der Waals surface area contributed by atoms with Crippen molar-refractivity contribution in [3.05, 3.63) is 29.8 Å². The van der Waals surface area contributed by atoms with Gasteiger partial charge in [-0.1, -0.05) is 24.6 Å². The van der Waals surface area contributed by atoms with Gasteiger partial charge >= 0.3 is 0 Å². The summed E-state index contributed by atoms with van der Waals surface area (Å²) < 4.78 is 5.32. The molecule has 1 amide bonds. The molecule has 1 aromatic carbocycles. The number of carbonyl (C=O) groups excluding carboxylic acids is 1. The highest BCUT2D eigenvalue weighted by molar-refractivity contribution is 5.77. The molecule has 4 nitrogen and oxygen atoms in total. The highest BCUT2D eigenvalue weighted by Gasteiger charge is 2.09. The zero-order valence-corrected chi connectivity index (χ0v) is 10.3. The van der Waals surface area contributed by atoms with Gasteiger partial charge < -0.3 is 15.2 Å². The van der Waals surface area contributed by atoms with E-state index in [0.29, 0.717) is 12.2 Å². The largest absolute Gasteiger partial charge is 0.484 e. The number of hydrogen-bond donors (Lipinski definition) is 2. The molecule has 0 spiro atoms. The Kier molecular flexibility index (Phi) is 5.49. The van der Waals surface area contributed by atoms with Gasteiger partial charge in [0, 0.05) is 0 Å². The molecular weight excluding hydrogens is 218 g/mol. The van der Waals surface area contributed by atoms with E-state index in [4.69, 9.17) is 9.84 Å². The maximum absolute atomic E-state index is 11.5. The van der Waals surface area contributed by atoms with Crippen molar-refractivity contribution < 1.29 is 14.6 Å². The van der Waals surface area contributed by atoms with Crippen LogP contribution in [0.5, 0.6) is 5.75 Å². The smallest absolute Gasteiger partial charge is 0.258 e. The van der Waals surface area contributed by atoms with Crippen LogP contribution in [0.25, 0.3) is 0 Å². The number of aliphatic hydroxyl groups is 1. The monoisotopic (exact) mass is 237 g/mol. The van der Waals surface area contributed by atoms with Crippen LogP contribution in [0.4, 0.5) is 0 Å². The van der Waals surface area contributed by atoms with Crippen LogP contribution in [-0.2, 0) is 4.79 Å². The average Bonchev–Trinajstić information content (AvgIpc) is 2.35. The Hall–Kier alpha value is -1.55. The van der Waals surface area contributed by atoms with Gasteiger partial charge in [0.15, 0.2) is 6.61 Å².